The molecular formula is C32H26O14. The zero-order valence-electron chi connectivity index (χ0n) is 23.8. The van der Waals surface area contributed by atoms with Gasteiger partial charge in [0.15, 0.2) is 64.7 Å². The zero-order chi connectivity index (χ0) is 32.9. The largest absolute Gasteiger partial charge is 0.507 e. The van der Waals surface area contributed by atoms with Gasteiger partial charge in [-0.15, -0.1) is 0 Å². The summed E-state index contributed by atoms with van der Waals surface area (Å²) in [4.78, 5) is 25.8. The van der Waals surface area contributed by atoms with Gasteiger partial charge in [0, 0.05) is 17.7 Å². The van der Waals surface area contributed by atoms with E-state index in [-0.39, 0.29) is 51.2 Å². The van der Waals surface area contributed by atoms with Crippen molar-refractivity contribution in [2.45, 2.75) is 24.4 Å². The second-order valence-electron chi connectivity index (χ2n) is 10.4. The number of aromatic hydroxyl groups is 5. The Labute approximate surface area is 259 Å². The number of benzene rings is 4. The van der Waals surface area contributed by atoms with Crippen molar-refractivity contribution in [3.63, 3.8) is 0 Å². The van der Waals surface area contributed by atoms with E-state index in [0.29, 0.717) is 5.56 Å². The molecule has 0 amide bonds. The fourth-order valence-corrected chi connectivity index (χ4v) is 5.22. The van der Waals surface area contributed by atoms with Crippen LogP contribution in [0.1, 0.15) is 44.1 Å². The third kappa shape index (κ3) is 5.25. The Morgan fingerprint density at radius 2 is 1.43 bits per heavy atom. The van der Waals surface area contributed by atoms with Crippen LogP contribution in [0.3, 0.4) is 0 Å². The average Bonchev–Trinajstić information content (AvgIpc) is 3.04. The number of hydrogen-bond acceptors (Lipinski definition) is 14. The minimum Gasteiger partial charge on any atom is -0.507 e. The third-order valence-electron chi connectivity index (χ3n) is 7.51. The molecule has 2 aliphatic rings. The van der Waals surface area contributed by atoms with Crippen LogP contribution in [0.15, 0.2) is 60.7 Å². The summed E-state index contributed by atoms with van der Waals surface area (Å²) in [5.74, 6) is -4.94. The minimum absolute atomic E-state index is 0.0949. The molecule has 2 unspecified atom stereocenters. The molecule has 0 fully saturated rings. The molecule has 0 radical (unpaired) electrons. The number of fused-ring (bicyclic) bond motifs is 2. The number of hydrogen-bond donors (Lipinski definition) is 7. The summed E-state index contributed by atoms with van der Waals surface area (Å²) in [5, 5.41) is 70.4. The van der Waals surface area contributed by atoms with E-state index in [9.17, 15) is 45.3 Å². The highest BCUT2D eigenvalue weighted by atomic mass is 16.6. The van der Waals surface area contributed by atoms with Gasteiger partial charge in [0.1, 0.15) is 22.8 Å². The zero-order valence-corrected chi connectivity index (χ0v) is 23.8. The lowest BCUT2D eigenvalue weighted by Gasteiger charge is -2.35. The predicted octanol–water partition coefficient (Wildman–Crippen LogP) is 2.99. The highest BCUT2D eigenvalue weighted by molar-refractivity contribution is 6.05. The first-order chi connectivity index (χ1) is 22.0. The molecule has 7 N–H and O–H groups in total. The van der Waals surface area contributed by atoms with Gasteiger partial charge in [-0.3, -0.25) is 4.79 Å². The van der Waals surface area contributed by atoms with Crippen molar-refractivity contribution in [2.75, 3.05) is 13.7 Å². The molecule has 0 aromatic heterocycles. The molecular weight excluding hydrogens is 608 g/mol. The number of esters is 1. The molecule has 0 saturated heterocycles. The molecule has 0 bridgehead atoms. The molecule has 0 spiro atoms. The topological polar surface area (TPSA) is 222 Å². The number of carbonyl (C=O) groups is 2. The Morgan fingerprint density at radius 3 is 2.13 bits per heavy atom. The van der Waals surface area contributed by atoms with E-state index < -0.39 is 65.8 Å². The first-order valence-electron chi connectivity index (χ1n) is 13.7. The predicted molar refractivity (Wildman–Crippen MR) is 154 cm³/mol. The van der Waals surface area contributed by atoms with Crippen LogP contribution in [-0.4, -0.2) is 73.4 Å². The maximum atomic E-state index is 13.2. The number of phenolic OH excluding ortho intramolecular Hbond substituents is 5. The van der Waals surface area contributed by atoms with Crippen LogP contribution in [-0.2, 0) is 0 Å². The molecule has 238 valence electrons. The van der Waals surface area contributed by atoms with Crippen molar-refractivity contribution in [1.29, 1.82) is 0 Å². The van der Waals surface area contributed by atoms with Crippen molar-refractivity contribution in [1.82, 2.24) is 0 Å². The average molecular weight is 635 g/mol. The fourth-order valence-electron chi connectivity index (χ4n) is 5.22. The molecule has 0 saturated carbocycles. The van der Waals surface area contributed by atoms with Crippen molar-refractivity contribution < 1.29 is 69.0 Å². The van der Waals surface area contributed by atoms with Gasteiger partial charge < -0.3 is 59.4 Å². The molecule has 14 heteroatoms. The van der Waals surface area contributed by atoms with Crippen LogP contribution < -0.4 is 23.7 Å². The van der Waals surface area contributed by atoms with Gasteiger partial charge in [-0.25, -0.2) is 4.79 Å². The number of carbonyl (C=O) groups excluding carboxylic acids is 2. The van der Waals surface area contributed by atoms with Crippen LogP contribution in [0.2, 0.25) is 0 Å². The molecule has 46 heavy (non-hydrogen) atoms. The molecule has 0 aliphatic carbocycles. The first-order valence-corrected chi connectivity index (χ1v) is 13.7. The van der Waals surface area contributed by atoms with E-state index in [4.69, 9.17) is 23.7 Å². The second kappa shape index (κ2) is 11.6. The van der Waals surface area contributed by atoms with E-state index in [1.165, 1.54) is 37.4 Å². The number of phenols is 5. The van der Waals surface area contributed by atoms with Crippen molar-refractivity contribution in [3.05, 3.63) is 82.9 Å². The number of Topliss-reactive ketones (excluding diaryl/α,β-unsaturated/α-hetero) is 1. The molecule has 2 heterocycles. The maximum absolute atomic E-state index is 13.2. The van der Waals surface area contributed by atoms with Gasteiger partial charge in [0.05, 0.1) is 19.3 Å². The lowest BCUT2D eigenvalue weighted by molar-refractivity contribution is -0.0130. The molecule has 4 atom stereocenters. The van der Waals surface area contributed by atoms with Crippen LogP contribution in [0.25, 0.3) is 0 Å². The minimum atomic E-state index is -1.76. The van der Waals surface area contributed by atoms with Gasteiger partial charge >= 0.3 is 5.97 Å². The van der Waals surface area contributed by atoms with Crippen LogP contribution >= 0.6 is 0 Å². The van der Waals surface area contributed by atoms with E-state index in [2.05, 4.69) is 0 Å². The maximum Gasteiger partial charge on any atom is 0.343 e. The van der Waals surface area contributed by atoms with Crippen molar-refractivity contribution >= 4 is 11.8 Å². The van der Waals surface area contributed by atoms with E-state index in [1.54, 1.807) is 6.07 Å². The summed E-state index contributed by atoms with van der Waals surface area (Å²) in [5.41, 5.74) is 0.112. The van der Waals surface area contributed by atoms with Gasteiger partial charge in [-0.1, -0.05) is 12.1 Å². The quantitative estimate of drug-likeness (QED) is 0.0921. The number of methoxy groups -OCH3 is 1. The molecule has 4 aromatic carbocycles. The molecule has 14 nitrogen and oxygen atoms in total. The molecule has 6 rings (SSSR count). The normalized spacial score (nSPS) is 19.9. The van der Waals surface area contributed by atoms with Gasteiger partial charge in [0.25, 0.3) is 0 Å². The Bertz CT molecular complexity index is 1850. The Kier molecular flexibility index (Phi) is 7.59. The Balaban J connectivity index is 1.29. The van der Waals surface area contributed by atoms with Crippen LogP contribution in [0.5, 0.6) is 57.5 Å². The summed E-state index contributed by atoms with van der Waals surface area (Å²) in [6, 6.07) is 12.8. The monoisotopic (exact) mass is 634 g/mol. The number of aliphatic hydroxyl groups excluding tert-OH is 2. The summed E-state index contributed by atoms with van der Waals surface area (Å²) in [7, 11) is 1.39. The summed E-state index contributed by atoms with van der Waals surface area (Å²) < 4.78 is 28.5. The fraction of sp³-hybridized carbons (Fsp3) is 0.188. The van der Waals surface area contributed by atoms with E-state index >= 15 is 0 Å². The number of rotatable bonds is 6. The van der Waals surface area contributed by atoms with Crippen LogP contribution in [0, 0.1) is 0 Å². The first kappa shape index (κ1) is 30.2. The SMILES string of the molecule is COc1cc(C2Oc3cc([C@H]4Oc5cc(OC(=O)c6cc(O)c(O)c(O)c6)cc(O)c5C(=O)[C@@H]4O)ccc3OC2CO)ccc1O. The standard InChI is InChI=1S/C32H26O14/c1-42-22-8-13(2-4-17(22)34)30-25(12-33)44-21-5-3-14(9-23(21)45-30)31-29(40)28(39)26-18(35)10-16(11-24(26)46-31)43-32(41)15-6-19(36)27(38)20(37)7-15/h2-11,25,29-31,33-38,40H,12H2,1H3/t25?,29-,30?,31+/m0/s1. The number of aliphatic hydroxyl groups is 2. The molecule has 2 aliphatic heterocycles. The van der Waals surface area contributed by atoms with E-state index in [1.807, 2.05) is 0 Å². The van der Waals surface area contributed by atoms with Gasteiger partial charge in [0.2, 0.25) is 5.78 Å². The van der Waals surface area contributed by atoms with Gasteiger partial charge in [-0.2, -0.15) is 0 Å². The lowest BCUT2D eigenvalue weighted by atomic mass is 9.92. The highest BCUT2D eigenvalue weighted by Crippen LogP contribution is 2.46. The number of ether oxygens (including phenoxy) is 5. The van der Waals surface area contributed by atoms with E-state index in [0.717, 1.165) is 24.3 Å². The van der Waals surface area contributed by atoms with Crippen molar-refractivity contribution in [2.24, 2.45) is 0 Å². The summed E-state index contributed by atoms with van der Waals surface area (Å²) in [6.07, 6.45) is -4.74. The van der Waals surface area contributed by atoms with Gasteiger partial charge in [-0.05, 0) is 42.0 Å². The highest BCUT2D eigenvalue weighted by Gasteiger charge is 2.41. The smallest absolute Gasteiger partial charge is 0.343 e. The third-order valence-corrected chi connectivity index (χ3v) is 7.51. The Hall–Kier alpha value is -5.86. The van der Waals surface area contributed by atoms with Crippen LogP contribution in [0.4, 0.5) is 0 Å². The Morgan fingerprint density at radius 1 is 0.761 bits per heavy atom. The molecule has 4 aromatic rings. The summed E-state index contributed by atoms with van der Waals surface area (Å²) in [6.45, 7) is -0.406. The second-order valence-corrected chi connectivity index (χ2v) is 10.4. The van der Waals surface area contributed by atoms with Crippen molar-refractivity contribution in [3.8, 4) is 57.5 Å². The summed E-state index contributed by atoms with van der Waals surface area (Å²) >= 11 is 0. The lowest BCUT2D eigenvalue weighted by Crippen LogP contribution is -2.37. The number of ketones is 1.